The van der Waals surface area contributed by atoms with Crippen molar-refractivity contribution in [3.05, 3.63) is 35.9 Å². The van der Waals surface area contributed by atoms with Gasteiger partial charge in [0.05, 0.1) is 31.3 Å². The van der Waals surface area contributed by atoms with Gasteiger partial charge < -0.3 is 9.47 Å². The third-order valence-electron chi connectivity index (χ3n) is 6.98. The molecular formula is C27H42N4O8. The zero-order valence-corrected chi connectivity index (χ0v) is 22.7. The lowest BCUT2D eigenvalue weighted by molar-refractivity contribution is -0.492. The van der Waals surface area contributed by atoms with Crippen LogP contribution < -0.4 is 5.32 Å². The molecule has 39 heavy (non-hydrogen) atoms. The van der Waals surface area contributed by atoms with Crippen LogP contribution in [0.25, 0.3) is 0 Å². The van der Waals surface area contributed by atoms with Gasteiger partial charge in [-0.15, -0.1) is 0 Å². The minimum atomic E-state index is -0.709. The number of benzene rings is 1. The fourth-order valence-corrected chi connectivity index (χ4v) is 5.05. The second kappa shape index (κ2) is 16.5. The van der Waals surface area contributed by atoms with Gasteiger partial charge in [-0.3, -0.25) is 35.2 Å². The highest BCUT2D eigenvalue weighted by Gasteiger charge is 2.43. The zero-order valence-electron chi connectivity index (χ0n) is 22.7. The molecule has 0 spiro atoms. The average molecular weight is 551 g/mol. The number of unbranched alkanes of at least 4 members (excludes halogenated alkanes) is 2. The van der Waals surface area contributed by atoms with E-state index in [-0.39, 0.29) is 37.1 Å². The minimum absolute atomic E-state index is 0.132. The van der Waals surface area contributed by atoms with Gasteiger partial charge in [0.15, 0.2) is 0 Å². The van der Waals surface area contributed by atoms with Crippen LogP contribution in [0.15, 0.2) is 30.3 Å². The summed E-state index contributed by atoms with van der Waals surface area (Å²) in [5, 5.41) is 23.5. The standard InChI is InChI=1S/C27H42N4O8/c1-2-37-26(33)23(16-15-21-11-5-3-6-12-21)28-22-13-9-17-29-18-10-14-24(30(29)25(22)32)27(34)38-19-7-4-8-20-39-31(35)36/h3,5-6,11-12,22-24,28,35-36H,2,4,7-10,13-20H2,1H3. The number of amides is 1. The largest absolute Gasteiger partial charge is 0.465 e. The molecule has 0 saturated carbocycles. The van der Waals surface area contributed by atoms with Crippen molar-refractivity contribution in [1.82, 2.24) is 20.7 Å². The Morgan fingerprint density at radius 1 is 1.05 bits per heavy atom. The quantitative estimate of drug-likeness (QED) is 0.168. The second-order valence-corrected chi connectivity index (χ2v) is 9.80. The van der Waals surface area contributed by atoms with E-state index < -0.39 is 24.1 Å². The Labute approximate surface area is 229 Å². The summed E-state index contributed by atoms with van der Waals surface area (Å²) in [5.74, 6) is -1.04. The summed E-state index contributed by atoms with van der Waals surface area (Å²) >= 11 is 0. The number of fused-ring (bicyclic) bond motifs is 1. The van der Waals surface area contributed by atoms with Crippen molar-refractivity contribution in [2.24, 2.45) is 0 Å². The molecular weight excluding hydrogens is 508 g/mol. The molecule has 3 unspecified atom stereocenters. The van der Waals surface area contributed by atoms with Gasteiger partial charge in [-0.05, 0) is 70.3 Å². The summed E-state index contributed by atoms with van der Waals surface area (Å²) < 4.78 is 10.8. The molecule has 3 atom stereocenters. The van der Waals surface area contributed by atoms with E-state index in [4.69, 9.17) is 19.9 Å². The van der Waals surface area contributed by atoms with E-state index in [2.05, 4.69) is 10.2 Å². The van der Waals surface area contributed by atoms with Gasteiger partial charge in [-0.1, -0.05) is 30.3 Å². The van der Waals surface area contributed by atoms with Crippen molar-refractivity contribution in [3.8, 4) is 0 Å². The first-order chi connectivity index (χ1) is 18.9. The van der Waals surface area contributed by atoms with Crippen LogP contribution in [0.5, 0.6) is 0 Å². The number of nitrogens with one attached hydrogen (secondary N) is 1. The molecule has 2 aliphatic rings. The Kier molecular flexibility index (Phi) is 13.1. The fourth-order valence-electron chi connectivity index (χ4n) is 5.05. The minimum Gasteiger partial charge on any atom is -0.465 e. The number of aryl methyl sites for hydroxylation is 1. The summed E-state index contributed by atoms with van der Waals surface area (Å²) in [6.45, 7) is 3.68. The highest BCUT2D eigenvalue weighted by Crippen LogP contribution is 2.25. The Morgan fingerprint density at radius 2 is 1.77 bits per heavy atom. The maximum Gasteiger partial charge on any atom is 0.330 e. The van der Waals surface area contributed by atoms with Crippen molar-refractivity contribution in [1.29, 1.82) is 0 Å². The molecule has 1 aromatic rings. The van der Waals surface area contributed by atoms with Crippen molar-refractivity contribution in [2.75, 3.05) is 32.9 Å². The van der Waals surface area contributed by atoms with Gasteiger partial charge in [-0.2, -0.15) is 0 Å². The monoisotopic (exact) mass is 550 g/mol. The van der Waals surface area contributed by atoms with E-state index in [9.17, 15) is 14.4 Å². The van der Waals surface area contributed by atoms with Crippen LogP contribution in [-0.2, 0) is 35.1 Å². The number of ether oxygens (including phenoxy) is 2. The van der Waals surface area contributed by atoms with E-state index in [0.29, 0.717) is 58.0 Å². The van der Waals surface area contributed by atoms with E-state index >= 15 is 0 Å². The van der Waals surface area contributed by atoms with Gasteiger partial charge in [0.25, 0.3) is 5.91 Å². The predicted molar refractivity (Wildman–Crippen MR) is 139 cm³/mol. The van der Waals surface area contributed by atoms with Crippen molar-refractivity contribution < 1.29 is 39.1 Å². The second-order valence-electron chi connectivity index (χ2n) is 9.80. The van der Waals surface area contributed by atoms with Crippen LogP contribution in [0, 0.1) is 0 Å². The number of carbonyl (C=O) groups is 3. The molecule has 1 aromatic carbocycles. The lowest BCUT2D eigenvalue weighted by Gasteiger charge is -2.42. The molecule has 3 rings (SSSR count). The lowest BCUT2D eigenvalue weighted by atomic mass is 10.0. The molecule has 218 valence electrons. The van der Waals surface area contributed by atoms with Crippen molar-refractivity contribution >= 4 is 17.8 Å². The van der Waals surface area contributed by atoms with Crippen LogP contribution in [0.3, 0.4) is 0 Å². The Morgan fingerprint density at radius 3 is 2.49 bits per heavy atom. The molecule has 2 saturated heterocycles. The molecule has 0 bridgehead atoms. The molecule has 0 radical (unpaired) electrons. The van der Waals surface area contributed by atoms with E-state index in [0.717, 1.165) is 18.4 Å². The van der Waals surface area contributed by atoms with Gasteiger partial charge in [0.2, 0.25) is 0 Å². The summed E-state index contributed by atoms with van der Waals surface area (Å²) in [6, 6.07) is 7.89. The maximum absolute atomic E-state index is 13.8. The number of carbonyl (C=O) groups excluding carboxylic acids is 3. The molecule has 0 aliphatic carbocycles. The van der Waals surface area contributed by atoms with Gasteiger partial charge >= 0.3 is 11.9 Å². The predicted octanol–water partition coefficient (Wildman–Crippen LogP) is 2.24. The molecule has 3 N–H and O–H groups in total. The fraction of sp³-hybridized carbons (Fsp3) is 0.667. The Balaban J connectivity index is 1.60. The molecule has 2 aliphatic heterocycles. The summed E-state index contributed by atoms with van der Waals surface area (Å²) in [6.07, 6.45) is 5.56. The third-order valence-corrected chi connectivity index (χ3v) is 6.98. The number of hydrogen-bond acceptors (Lipinski definition) is 11. The normalized spacial score (nSPS) is 20.8. The first-order valence-corrected chi connectivity index (χ1v) is 13.9. The molecule has 1 amide bonds. The first-order valence-electron chi connectivity index (χ1n) is 13.9. The summed E-state index contributed by atoms with van der Waals surface area (Å²) in [5.41, 5.74) is 1.10. The maximum atomic E-state index is 13.8. The van der Waals surface area contributed by atoms with E-state index in [1.165, 1.54) is 0 Å². The SMILES string of the molecule is CCOC(=O)C(CCc1ccccc1)NC1CCCN2CCCC(C(=O)OCCCCCON(O)O)N2C1=O. The third kappa shape index (κ3) is 9.82. The summed E-state index contributed by atoms with van der Waals surface area (Å²) in [7, 11) is 0. The molecule has 2 heterocycles. The summed E-state index contributed by atoms with van der Waals surface area (Å²) in [4.78, 5) is 44.1. The van der Waals surface area contributed by atoms with Gasteiger partial charge in [0.1, 0.15) is 12.1 Å². The Bertz CT molecular complexity index is 903. The van der Waals surface area contributed by atoms with Crippen LogP contribution >= 0.6 is 0 Å². The molecule has 0 aromatic heterocycles. The van der Waals surface area contributed by atoms with E-state index in [1.54, 1.807) is 11.9 Å². The zero-order chi connectivity index (χ0) is 28.0. The highest BCUT2D eigenvalue weighted by atomic mass is 17.1. The molecule has 12 heteroatoms. The molecule has 2 fully saturated rings. The molecule has 12 nitrogen and oxygen atoms in total. The smallest absolute Gasteiger partial charge is 0.330 e. The Hall–Kier alpha value is -2.61. The van der Waals surface area contributed by atoms with Crippen molar-refractivity contribution in [2.45, 2.75) is 82.8 Å². The van der Waals surface area contributed by atoms with Gasteiger partial charge in [-0.25, -0.2) is 9.80 Å². The van der Waals surface area contributed by atoms with E-state index in [1.807, 2.05) is 35.3 Å². The first kappa shape index (κ1) is 30.9. The van der Waals surface area contributed by atoms with Crippen LogP contribution in [0.1, 0.15) is 63.9 Å². The average Bonchev–Trinajstić information content (AvgIpc) is 3.09. The number of esters is 2. The van der Waals surface area contributed by atoms with Crippen LogP contribution in [0.4, 0.5) is 0 Å². The number of nitrogens with zero attached hydrogens (tertiary/aromatic N) is 3. The highest BCUT2D eigenvalue weighted by molar-refractivity contribution is 5.88. The van der Waals surface area contributed by atoms with Gasteiger partial charge in [0, 0.05) is 13.1 Å². The number of rotatable bonds is 15. The van der Waals surface area contributed by atoms with Crippen molar-refractivity contribution in [3.63, 3.8) is 0 Å². The topological polar surface area (TPSA) is 141 Å². The van der Waals surface area contributed by atoms with Crippen LogP contribution in [0.2, 0.25) is 0 Å². The number of hydrogen-bond donors (Lipinski definition) is 3. The number of hydrazine groups is 1. The lowest BCUT2D eigenvalue weighted by Crippen LogP contribution is -2.62. The van der Waals surface area contributed by atoms with Crippen LogP contribution in [-0.4, -0.2) is 94.7 Å².